The molecule has 0 radical (unpaired) electrons. The molecule has 1 aliphatic heterocycles. The highest BCUT2D eigenvalue weighted by Crippen LogP contribution is 2.40. The van der Waals surface area contributed by atoms with Gasteiger partial charge in [-0.1, -0.05) is 31.2 Å². The van der Waals surface area contributed by atoms with Crippen LogP contribution in [0.2, 0.25) is 0 Å². The highest BCUT2D eigenvalue weighted by atomic mass is 32.2. The summed E-state index contributed by atoms with van der Waals surface area (Å²) in [7, 11) is 0. The van der Waals surface area contributed by atoms with Gasteiger partial charge < -0.3 is 5.73 Å². The van der Waals surface area contributed by atoms with Crippen molar-refractivity contribution in [1.82, 2.24) is 0 Å². The molecule has 1 nitrogen and oxygen atoms in total. The molecule has 0 amide bonds. The number of hydrogen-bond donors (Lipinski definition) is 1. The lowest BCUT2D eigenvalue weighted by Crippen LogP contribution is -2.20. The number of hydrogen-bond acceptors (Lipinski definition) is 2. The molecule has 14 heavy (non-hydrogen) atoms. The highest BCUT2D eigenvalue weighted by molar-refractivity contribution is 7.99. The first kappa shape index (κ1) is 10.1. The van der Waals surface area contributed by atoms with Gasteiger partial charge in [0.1, 0.15) is 0 Å². The van der Waals surface area contributed by atoms with Gasteiger partial charge >= 0.3 is 0 Å². The van der Waals surface area contributed by atoms with Gasteiger partial charge in [0.15, 0.2) is 0 Å². The van der Waals surface area contributed by atoms with Crippen molar-refractivity contribution in [2.75, 3.05) is 5.75 Å². The molecule has 2 rings (SSSR count). The quantitative estimate of drug-likeness (QED) is 0.707. The summed E-state index contributed by atoms with van der Waals surface area (Å²) in [6.07, 6.45) is 0. The monoisotopic (exact) mass is 207 g/mol. The van der Waals surface area contributed by atoms with Crippen molar-refractivity contribution < 1.29 is 0 Å². The third-order valence-electron chi connectivity index (χ3n) is 3.02. The van der Waals surface area contributed by atoms with Crippen molar-refractivity contribution in [2.24, 2.45) is 11.7 Å². The minimum Gasteiger partial charge on any atom is -0.324 e. The van der Waals surface area contributed by atoms with Crippen LogP contribution < -0.4 is 5.73 Å². The average Bonchev–Trinajstić information content (AvgIpc) is 2.33. The van der Waals surface area contributed by atoms with Crippen LogP contribution in [0.25, 0.3) is 0 Å². The molecule has 0 spiro atoms. The van der Waals surface area contributed by atoms with E-state index in [-0.39, 0.29) is 6.04 Å². The zero-order chi connectivity index (χ0) is 10.1. The molecule has 1 aromatic rings. The summed E-state index contributed by atoms with van der Waals surface area (Å²) < 4.78 is 0. The minimum atomic E-state index is 0.212. The Morgan fingerprint density at radius 3 is 2.57 bits per heavy atom. The molecule has 76 valence electrons. The predicted octanol–water partition coefficient (Wildman–Crippen LogP) is 3.13. The van der Waals surface area contributed by atoms with Crippen molar-refractivity contribution in [3.63, 3.8) is 0 Å². The van der Waals surface area contributed by atoms with Crippen LogP contribution in [-0.4, -0.2) is 5.75 Å². The fraction of sp³-hybridized carbons (Fsp3) is 0.500. The fourth-order valence-corrected chi connectivity index (χ4v) is 3.17. The highest BCUT2D eigenvalue weighted by Gasteiger charge is 2.24. The van der Waals surface area contributed by atoms with Crippen LogP contribution in [0.3, 0.4) is 0 Å². The number of rotatable bonds is 0. The molecule has 0 saturated carbocycles. The maximum Gasteiger partial charge on any atom is 0.0331 e. The maximum atomic E-state index is 6.24. The Hall–Kier alpha value is -0.470. The second-order valence-corrected chi connectivity index (χ2v) is 5.48. The lowest BCUT2D eigenvalue weighted by Gasteiger charge is -2.18. The molecule has 1 aliphatic rings. The van der Waals surface area contributed by atoms with E-state index < -0.39 is 0 Å². The van der Waals surface area contributed by atoms with Crippen molar-refractivity contribution in [1.29, 1.82) is 0 Å². The van der Waals surface area contributed by atoms with E-state index in [0.717, 1.165) is 5.75 Å². The zero-order valence-corrected chi connectivity index (χ0v) is 9.55. The van der Waals surface area contributed by atoms with E-state index in [1.165, 1.54) is 11.1 Å². The van der Waals surface area contributed by atoms with E-state index in [9.17, 15) is 0 Å². The van der Waals surface area contributed by atoms with Crippen molar-refractivity contribution in [3.8, 4) is 0 Å². The SMILES string of the molecule is CC1SCC(C)C(N)c2ccccc21. The van der Waals surface area contributed by atoms with Gasteiger partial charge in [-0.15, -0.1) is 0 Å². The Morgan fingerprint density at radius 1 is 1.21 bits per heavy atom. The van der Waals surface area contributed by atoms with Crippen LogP contribution in [0, 0.1) is 5.92 Å². The van der Waals surface area contributed by atoms with Gasteiger partial charge in [-0.3, -0.25) is 0 Å². The lowest BCUT2D eigenvalue weighted by molar-refractivity contribution is 0.523. The number of fused-ring (bicyclic) bond motifs is 1. The third-order valence-corrected chi connectivity index (χ3v) is 4.49. The Balaban J connectivity index is 2.46. The molecule has 2 heteroatoms. The first-order valence-corrected chi connectivity index (χ1v) is 6.21. The lowest BCUT2D eigenvalue weighted by atomic mass is 9.92. The summed E-state index contributed by atoms with van der Waals surface area (Å²) >= 11 is 2.01. The van der Waals surface area contributed by atoms with E-state index in [0.29, 0.717) is 11.2 Å². The van der Waals surface area contributed by atoms with Gasteiger partial charge in [-0.05, 0) is 29.7 Å². The summed E-state index contributed by atoms with van der Waals surface area (Å²) in [5.41, 5.74) is 9.01. The largest absolute Gasteiger partial charge is 0.324 e. The van der Waals surface area contributed by atoms with Crippen molar-refractivity contribution in [2.45, 2.75) is 25.1 Å². The number of benzene rings is 1. The molecular weight excluding hydrogens is 190 g/mol. The molecular formula is C12H17NS. The summed E-state index contributed by atoms with van der Waals surface area (Å²) in [4.78, 5) is 0. The van der Waals surface area contributed by atoms with Gasteiger partial charge in [0.25, 0.3) is 0 Å². The molecule has 1 heterocycles. The molecule has 0 bridgehead atoms. The van der Waals surface area contributed by atoms with E-state index in [2.05, 4.69) is 38.1 Å². The van der Waals surface area contributed by atoms with Gasteiger partial charge in [0.2, 0.25) is 0 Å². The summed E-state index contributed by atoms with van der Waals surface area (Å²) in [5.74, 6) is 1.74. The Bertz CT molecular complexity index is 324. The third kappa shape index (κ3) is 1.69. The Labute approximate surface area is 90.1 Å². The summed E-state index contributed by atoms with van der Waals surface area (Å²) in [5, 5.41) is 0.585. The molecule has 2 N–H and O–H groups in total. The normalized spacial score (nSPS) is 32.1. The molecule has 3 atom stereocenters. The van der Waals surface area contributed by atoms with Crippen LogP contribution >= 0.6 is 11.8 Å². The van der Waals surface area contributed by atoms with Gasteiger partial charge in [0, 0.05) is 11.3 Å². The molecule has 0 aromatic heterocycles. The minimum absolute atomic E-state index is 0.212. The van der Waals surface area contributed by atoms with E-state index in [4.69, 9.17) is 5.73 Å². The molecule has 0 saturated heterocycles. The van der Waals surface area contributed by atoms with Crippen LogP contribution in [-0.2, 0) is 0 Å². The van der Waals surface area contributed by atoms with Crippen molar-refractivity contribution in [3.05, 3.63) is 35.4 Å². The molecule has 0 aliphatic carbocycles. The van der Waals surface area contributed by atoms with Gasteiger partial charge in [-0.25, -0.2) is 0 Å². The topological polar surface area (TPSA) is 26.0 Å². The van der Waals surface area contributed by atoms with Crippen LogP contribution in [0.1, 0.15) is 36.3 Å². The molecule has 0 fully saturated rings. The van der Waals surface area contributed by atoms with E-state index >= 15 is 0 Å². The number of thioether (sulfide) groups is 1. The molecule has 3 unspecified atom stereocenters. The average molecular weight is 207 g/mol. The number of nitrogens with two attached hydrogens (primary N) is 1. The first-order chi connectivity index (χ1) is 6.70. The van der Waals surface area contributed by atoms with Gasteiger partial charge in [0.05, 0.1) is 0 Å². The standard InChI is InChI=1S/C12H17NS/c1-8-7-14-9(2)10-5-3-4-6-11(10)12(8)13/h3-6,8-9,12H,7,13H2,1-2H3. The Kier molecular flexibility index (Phi) is 2.84. The van der Waals surface area contributed by atoms with Gasteiger partial charge in [-0.2, -0.15) is 11.8 Å². The first-order valence-electron chi connectivity index (χ1n) is 5.16. The van der Waals surface area contributed by atoms with Crippen molar-refractivity contribution >= 4 is 11.8 Å². The second-order valence-electron chi connectivity index (χ2n) is 4.11. The Morgan fingerprint density at radius 2 is 1.86 bits per heavy atom. The summed E-state index contributed by atoms with van der Waals surface area (Å²) in [6.45, 7) is 4.51. The van der Waals surface area contributed by atoms with Crippen LogP contribution in [0.4, 0.5) is 0 Å². The maximum absolute atomic E-state index is 6.24. The predicted molar refractivity (Wildman–Crippen MR) is 63.4 cm³/mol. The van der Waals surface area contributed by atoms with Crippen LogP contribution in [0.5, 0.6) is 0 Å². The molecule has 1 aromatic carbocycles. The second kappa shape index (κ2) is 3.95. The van der Waals surface area contributed by atoms with E-state index in [1.54, 1.807) is 0 Å². The van der Waals surface area contributed by atoms with Crippen LogP contribution in [0.15, 0.2) is 24.3 Å². The van der Waals surface area contributed by atoms with E-state index in [1.807, 2.05) is 11.8 Å². The summed E-state index contributed by atoms with van der Waals surface area (Å²) in [6, 6.07) is 8.81. The zero-order valence-electron chi connectivity index (χ0n) is 8.73. The smallest absolute Gasteiger partial charge is 0.0331 e. The fourth-order valence-electron chi connectivity index (χ4n) is 1.98.